The van der Waals surface area contributed by atoms with Crippen LogP contribution in [0.25, 0.3) is 0 Å². The number of hydrogen-bond acceptors (Lipinski definition) is 3. The van der Waals surface area contributed by atoms with E-state index in [0.717, 1.165) is 24.7 Å². The fourth-order valence-electron chi connectivity index (χ4n) is 3.96. The van der Waals surface area contributed by atoms with Crippen molar-refractivity contribution in [3.63, 3.8) is 0 Å². The molecule has 90 valence electrons. The lowest BCUT2D eigenvalue weighted by molar-refractivity contribution is 0.0554. The van der Waals surface area contributed by atoms with E-state index in [1.165, 1.54) is 6.42 Å². The maximum atomic E-state index is 11.4. The number of amides is 1. The van der Waals surface area contributed by atoms with E-state index in [1.54, 1.807) is 0 Å². The van der Waals surface area contributed by atoms with E-state index in [1.807, 2.05) is 6.92 Å². The molecule has 0 radical (unpaired) electrons. The van der Waals surface area contributed by atoms with Crippen LogP contribution in [0.4, 0.5) is 4.79 Å². The average molecular weight is 225 g/mol. The molecule has 16 heavy (non-hydrogen) atoms. The van der Waals surface area contributed by atoms with Crippen molar-refractivity contribution in [3.05, 3.63) is 0 Å². The van der Waals surface area contributed by atoms with Crippen LogP contribution in [0.15, 0.2) is 0 Å². The Kier molecular flexibility index (Phi) is 2.35. The molecule has 2 bridgehead atoms. The lowest BCUT2D eigenvalue weighted by atomic mass is 9.78. The predicted octanol–water partition coefficient (Wildman–Crippen LogP) is 1.14. The fourth-order valence-corrected chi connectivity index (χ4v) is 3.96. The fraction of sp³-hybridized carbons (Fsp3) is 0.917. The van der Waals surface area contributed by atoms with Gasteiger partial charge in [0, 0.05) is 6.04 Å². The molecule has 3 rings (SSSR count). The van der Waals surface area contributed by atoms with Crippen LogP contribution in [-0.4, -0.2) is 30.0 Å². The molecule has 0 heterocycles. The van der Waals surface area contributed by atoms with Gasteiger partial charge in [0.25, 0.3) is 0 Å². The van der Waals surface area contributed by atoms with Crippen molar-refractivity contribution in [2.45, 2.75) is 38.3 Å². The molecule has 3 saturated carbocycles. The summed E-state index contributed by atoms with van der Waals surface area (Å²) in [4.78, 5) is 11.4. The molecule has 0 spiro atoms. The largest absolute Gasteiger partial charge is 0.450 e. The van der Waals surface area contributed by atoms with E-state index >= 15 is 0 Å². The lowest BCUT2D eigenvalue weighted by Gasteiger charge is -2.36. The third-order valence-electron chi connectivity index (χ3n) is 4.56. The van der Waals surface area contributed by atoms with Crippen LogP contribution >= 0.6 is 0 Å². The minimum Gasteiger partial charge on any atom is -0.450 e. The van der Waals surface area contributed by atoms with Gasteiger partial charge in [-0.25, -0.2) is 4.79 Å². The summed E-state index contributed by atoms with van der Waals surface area (Å²) >= 11 is 0. The molecule has 1 amide bonds. The quantitative estimate of drug-likeness (QED) is 0.741. The van der Waals surface area contributed by atoms with Gasteiger partial charge in [-0.05, 0) is 49.9 Å². The monoisotopic (exact) mass is 225 g/mol. The van der Waals surface area contributed by atoms with E-state index in [0.29, 0.717) is 18.4 Å². The second-order valence-corrected chi connectivity index (χ2v) is 5.41. The zero-order valence-electron chi connectivity index (χ0n) is 9.56. The standard InChI is InChI=1S/C12H19NO3/c1-2-16-12(15)13-11-9-3-6(14)4-10(11)8-5-7(8)9/h6-11,14H,2-5H2,1H3,(H,13,15)/t6?,7-,8+,9?,10?,11?. The number of aliphatic hydroxyl groups is 1. The highest BCUT2D eigenvalue weighted by Gasteiger charge is 2.62. The minimum absolute atomic E-state index is 0.150. The van der Waals surface area contributed by atoms with E-state index in [2.05, 4.69) is 5.32 Å². The van der Waals surface area contributed by atoms with Crippen molar-refractivity contribution in [2.75, 3.05) is 6.61 Å². The third-order valence-corrected chi connectivity index (χ3v) is 4.56. The molecule has 0 aromatic rings. The lowest BCUT2D eigenvalue weighted by Crippen LogP contribution is -2.48. The first-order valence-electron chi connectivity index (χ1n) is 6.32. The SMILES string of the molecule is CCOC(=O)NC1C2CC(O)CC1[C@@H]1C[C@H]21. The molecule has 4 heteroatoms. The molecule has 2 N–H and O–H groups in total. The first-order chi connectivity index (χ1) is 7.70. The molecular formula is C12H19NO3. The molecule has 6 atom stereocenters. The van der Waals surface area contributed by atoms with E-state index in [9.17, 15) is 9.90 Å². The molecule has 0 saturated heterocycles. The summed E-state index contributed by atoms with van der Waals surface area (Å²) in [5.74, 6) is 2.49. The summed E-state index contributed by atoms with van der Waals surface area (Å²) in [6.45, 7) is 2.24. The summed E-state index contributed by atoms with van der Waals surface area (Å²) in [6, 6.07) is 0.256. The number of hydrogen-bond donors (Lipinski definition) is 2. The van der Waals surface area contributed by atoms with Gasteiger partial charge in [-0.3, -0.25) is 0 Å². The molecular weight excluding hydrogens is 206 g/mol. The molecule has 4 unspecified atom stereocenters. The van der Waals surface area contributed by atoms with Gasteiger partial charge >= 0.3 is 6.09 Å². The normalized spacial score (nSPS) is 48.4. The maximum absolute atomic E-state index is 11.4. The van der Waals surface area contributed by atoms with Crippen LogP contribution < -0.4 is 5.32 Å². The molecule has 0 aliphatic heterocycles. The third kappa shape index (κ3) is 1.51. The summed E-state index contributed by atoms with van der Waals surface area (Å²) in [6.07, 6.45) is 2.58. The molecule has 3 aliphatic rings. The number of carbonyl (C=O) groups excluding carboxylic acids is 1. The number of ether oxygens (including phenoxy) is 1. The van der Waals surface area contributed by atoms with Crippen molar-refractivity contribution in [3.8, 4) is 0 Å². The number of carbonyl (C=O) groups is 1. The van der Waals surface area contributed by atoms with Gasteiger partial charge < -0.3 is 15.2 Å². The summed E-state index contributed by atoms with van der Waals surface area (Å²) in [5.41, 5.74) is 0. The van der Waals surface area contributed by atoms with Gasteiger partial charge in [-0.15, -0.1) is 0 Å². The van der Waals surface area contributed by atoms with Crippen LogP contribution in [0, 0.1) is 23.7 Å². The zero-order valence-corrected chi connectivity index (χ0v) is 9.56. The van der Waals surface area contributed by atoms with Crippen molar-refractivity contribution in [1.82, 2.24) is 5.32 Å². The van der Waals surface area contributed by atoms with Gasteiger partial charge in [0.2, 0.25) is 0 Å². The first kappa shape index (κ1) is 10.4. The Balaban J connectivity index is 1.66. The van der Waals surface area contributed by atoms with Gasteiger partial charge in [0.15, 0.2) is 0 Å². The maximum Gasteiger partial charge on any atom is 0.407 e. The number of rotatable bonds is 2. The first-order valence-corrected chi connectivity index (χ1v) is 6.32. The summed E-state index contributed by atoms with van der Waals surface area (Å²) in [7, 11) is 0. The van der Waals surface area contributed by atoms with Gasteiger partial charge in [0.05, 0.1) is 12.7 Å². The average Bonchev–Trinajstić information content (AvgIpc) is 2.95. The van der Waals surface area contributed by atoms with Gasteiger partial charge in [-0.2, -0.15) is 0 Å². The molecule has 0 aromatic heterocycles. The highest BCUT2D eigenvalue weighted by Crippen LogP contribution is 2.63. The van der Waals surface area contributed by atoms with E-state index in [4.69, 9.17) is 4.74 Å². The highest BCUT2D eigenvalue weighted by molar-refractivity contribution is 5.67. The van der Waals surface area contributed by atoms with Crippen molar-refractivity contribution < 1.29 is 14.6 Å². The molecule has 3 aliphatic carbocycles. The van der Waals surface area contributed by atoms with Crippen LogP contribution in [0.5, 0.6) is 0 Å². The Morgan fingerprint density at radius 3 is 2.44 bits per heavy atom. The van der Waals surface area contributed by atoms with Crippen LogP contribution in [0.1, 0.15) is 26.2 Å². The Hall–Kier alpha value is -0.770. The van der Waals surface area contributed by atoms with E-state index in [-0.39, 0.29) is 18.2 Å². The number of aliphatic hydroxyl groups excluding tert-OH is 1. The Labute approximate surface area is 95.4 Å². The Morgan fingerprint density at radius 1 is 1.25 bits per heavy atom. The van der Waals surface area contributed by atoms with E-state index < -0.39 is 0 Å². The van der Waals surface area contributed by atoms with Crippen LogP contribution in [0.3, 0.4) is 0 Å². The second-order valence-electron chi connectivity index (χ2n) is 5.41. The second kappa shape index (κ2) is 3.62. The predicted molar refractivity (Wildman–Crippen MR) is 57.8 cm³/mol. The Morgan fingerprint density at radius 2 is 1.88 bits per heavy atom. The molecule has 0 aromatic carbocycles. The minimum atomic E-state index is -0.291. The van der Waals surface area contributed by atoms with Crippen LogP contribution in [-0.2, 0) is 4.74 Å². The number of fused-ring (bicyclic) bond motifs is 5. The smallest absolute Gasteiger partial charge is 0.407 e. The van der Waals surface area contributed by atoms with Crippen molar-refractivity contribution in [2.24, 2.45) is 23.7 Å². The summed E-state index contributed by atoms with van der Waals surface area (Å²) in [5, 5.41) is 12.7. The molecule has 4 nitrogen and oxygen atoms in total. The Bertz CT molecular complexity index is 289. The van der Waals surface area contributed by atoms with Crippen molar-refractivity contribution in [1.29, 1.82) is 0 Å². The van der Waals surface area contributed by atoms with Gasteiger partial charge in [-0.1, -0.05) is 0 Å². The highest BCUT2D eigenvalue weighted by atomic mass is 16.5. The molecule has 3 fully saturated rings. The topological polar surface area (TPSA) is 58.6 Å². The van der Waals surface area contributed by atoms with Crippen molar-refractivity contribution >= 4 is 6.09 Å². The van der Waals surface area contributed by atoms with Gasteiger partial charge in [0.1, 0.15) is 0 Å². The number of alkyl carbamates (subject to hydrolysis) is 1. The van der Waals surface area contributed by atoms with Crippen LogP contribution in [0.2, 0.25) is 0 Å². The number of nitrogens with one attached hydrogen (secondary N) is 1. The zero-order chi connectivity index (χ0) is 11.3. The summed E-state index contributed by atoms with van der Waals surface area (Å²) < 4.78 is 4.93.